The van der Waals surface area contributed by atoms with E-state index in [1.165, 1.54) is 16.7 Å². The first-order chi connectivity index (χ1) is 8.25. The van der Waals surface area contributed by atoms with E-state index in [9.17, 15) is 0 Å². The predicted molar refractivity (Wildman–Crippen MR) is 74.1 cm³/mol. The highest BCUT2D eigenvalue weighted by atomic mass is 15.0. The largest absolute Gasteiger partial charge is 0.309 e. The molecule has 17 heavy (non-hydrogen) atoms. The SMILES string of the molecule is CN(C)CCc1cccc(-c2ccccc2)c1. The summed E-state index contributed by atoms with van der Waals surface area (Å²) in [5.74, 6) is 0. The third-order valence-corrected chi connectivity index (χ3v) is 2.88. The molecule has 0 saturated carbocycles. The molecule has 1 nitrogen and oxygen atoms in total. The molecule has 0 atom stereocenters. The fraction of sp³-hybridized carbons (Fsp3) is 0.250. The molecule has 2 aromatic rings. The summed E-state index contributed by atoms with van der Waals surface area (Å²) >= 11 is 0. The number of rotatable bonds is 4. The van der Waals surface area contributed by atoms with Crippen molar-refractivity contribution in [2.75, 3.05) is 20.6 Å². The van der Waals surface area contributed by atoms with Gasteiger partial charge in [0.25, 0.3) is 0 Å². The van der Waals surface area contributed by atoms with E-state index in [1.807, 2.05) is 0 Å². The van der Waals surface area contributed by atoms with Gasteiger partial charge in [0.15, 0.2) is 0 Å². The van der Waals surface area contributed by atoms with E-state index < -0.39 is 0 Å². The molecular formula is C16H19N. The van der Waals surface area contributed by atoms with E-state index in [1.54, 1.807) is 0 Å². The minimum absolute atomic E-state index is 1.10. The molecule has 0 bridgehead atoms. The van der Waals surface area contributed by atoms with Gasteiger partial charge in [0.2, 0.25) is 0 Å². The number of nitrogens with zero attached hydrogens (tertiary/aromatic N) is 1. The third-order valence-electron chi connectivity index (χ3n) is 2.88. The molecule has 0 aliphatic carbocycles. The Bertz CT molecular complexity index is 460. The van der Waals surface area contributed by atoms with Crippen molar-refractivity contribution in [1.29, 1.82) is 0 Å². The lowest BCUT2D eigenvalue weighted by Gasteiger charge is -2.10. The fourth-order valence-corrected chi connectivity index (χ4v) is 1.89. The maximum atomic E-state index is 2.29. The number of benzene rings is 2. The van der Waals surface area contributed by atoms with Crippen LogP contribution in [0, 0.1) is 0 Å². The zero-order valence-corrected chi connectivity index (χ0v) is 10.6. The van der Waals surface area contributed by atoms with Gasteiger partial charge in [-0.1, -0.05) is 54.6 Å². The summed E-state index contributed by atoms with van der Waals surface area (Å²) in [4.78, 5) is 2.22. The summed E-state index contributed by atoms with van der Waals surface area (Å²) < 4.78 is 0. The van der Waals surface area contributed by atoms with Gasteiger partial charge < -0.3 is 4.90 Å². The van der Waals surface area contributed by atoms with Gasteiger partial charge in [0.1, 0.15) is 0 Å². The molecule has 0 aliphatic heterocycles. The highest BCUT2D eigenvalue weighted by Gasteiger charge is 1.99. The van der Waals surface area contributed by atoms with Crippen LogP contribution in [0.4, 0.5) is 0 Å². The molecule has 0 fully saturated rings. The first kappa shape index (κ1) is 11.9. The summed E-state index contributed by atoms with van der Waals surface area (Å²) in [5.41, 5.74) is 4.00. The molecule has 0 radical (unpaired) electrons. The van der Waals surface area contributed by atoms with Crippen LogP contribution in [0.3, 0.4) is 0 Å². The van der Waals surface area contributed by atoms with Crippen molar-refractivity contribution in [3.63, 3.8) is 0 Å². The summed E-state index contributed by atoms with van der Waals surface area (Å²) in [7, 11) is 4.22. The summed E-state index contributed by atoms with van der Waals surface area (Å²) in [6.45, 7) is 1.10. The van der Waals surface area contributed by atoms with Crippen molar-refractivity contribution in [2.45, 2.75) is 6.42 Å². The van der Waals surface area contributed by atoms with Crippen LogP contribution >= 0.6 is 0 Å². The molecule has 1 heteroatoms. The van der Waals surface area contributed by atoms with Gasteiger partial charge in [-0.25, -0.2) is 0 Å². The molecule has 88 valence electrons. The predicted octanol–water partition coefficient (Wildman–Crippen LogP) is 3.46. The lowest BCUT2D eigenvalue weighted by Crippen LogP contribution is -2.14. The Labute approximate surface area is 104 Å². The van der Waals surface area contributed by atoms with Crippen LogP contribution in [0.5, 0.6) is 0 Å². The maximum Gasteiger partial charge on any atom is 0.00157 e. The molecule has 0 N–H and O–H groups in total. The minimum Gasteiger partial charge on any atom is -0.309 e. The van der Waals surface area contributed by atoms with E-state index in [0.29, 0.717) is 0 Å². The Kier molecular flexibility index (Phi) is 3.94. The van der Waals surface area contributed by atoms with Gasteiger partial charge in [-0.3, -0.25) is 0 Å². The van der Waals surface area contributed by atoms with Crippen molar-refractivity contribution in [2.24, 2.45) is 0 Å². The van der Waals surface area contributed by atoms with Gasteiger partial charge in [-0.05, 0) is 37.2 Å². The highest BCUT2D eigenvalue weighted by Crippen LogP contribution is 2.20. The Morgan fingerprint density at radius 3 is 2.24 bits per heavy atom. The Morgan fingerprint density at radius 1 is 0.824 bits per heavy atom. The number of hydrogen-bond acceptors (Lipinski definition) is 1. The standard InChI is InChI=1S/C16H19N/c1-17(2)12-11-14-7-6-10-16(13-14)15-8-4-3-5-9-15/h3-10,13H,11-12H2,1-2H3. The van der Waals surface area contributed by atoms with E-state index >= 15 is 0 Å². The van der Waals surface area contributed by atoms with E-state index in [2.05, 4.69) is 73.6 Å². The van der Waals surface area contributed by atoms with Crippen LogP contribution in [0.25, 0.3) is 11.1 Å². The lowest BCUT2D eigenvalue weighted by atomic mass is 10.0. The van der Waals surface area contributed by atoms with Crippen molar-refractivity contribution >= 4 is 0 Å². The maximum absolute atomic E-state index is 2.29. The third kappa shape index (κ3) is 3.43. The molecule has 0 saturated heterocycles. The van der Waals surface area contributed by atoms with Crippen LogP contribution in [0.15, 0.2) is 54.6 Å². The first-order valence-electron chi connectivity index (χ1n) is 6.05. The van der Waals surface area contributed by atoms with E-state index in [0.717, 1.165) is 13.0 Å². The smallest absolute Gasteiger partial charge is 0.00157 e. The fourth-order valence-electron chi connectivity index (χ4n) is 1.89. The highest BCUT2D eigenvalue weighted by molar-refractivity contribution is 5.63. The van der Waals surface area contributed by atoms with Gasteiger partial charge in [0.05, 0.1) is 0 Å². The Balaban J connectivity index is 2.17. The molecule has 0 spiro atoms. The van der Waals surface area contributed by atoms with Crippen LogP contribution < -0.4 is 0 Å². The van der Waals surface area contributed by atoms with Crippen molar-refractivity contribution in [3.05, 3.63) is 60.2 Å². The van der Waals surface area contributed by atoms with Crippen LogP contribution in [0.2, 0.25) is 0 Å². The number of hydrogen-bond donors (Lipinski definition) is 0. The van der Waals surface area contributed by atoms with Crippen LogP contribution in [0.1, 0.15) is 5.56 Å². The normalized spacial score (nSPS) is 10.8. The zero-order valence-electron chi connectivity index (χ0n) is 10.6. The Hall–Kier alpha value is -1.60. The monoisotopic (exact) mass is 225 g/mol. The average molecular weight is 225 g/mol. The van der Waals surface area contributed by atoms with Gasteiger partial charge in [-0.2, -0.15) is 0 Å². The quantitative estimate of drug-likeness (QED) is 0.770. The molecule has 0 heterocycles. The summed E-state index contributed by atoms with van der Waals surface area (Å²) in [6, 6.07) is 19.4. The van der Waals surface area contributed by atoms with Gasteiger partial charge in [-0.15, -0.1) is 0 Å². The molecule has 0 unspecified atom stereocenters. The van der Waals surface area contributed by atoms with E-state index in [4.69, 9.17) is 0 Å². The van der Waals surface area contributed by atoms with Crippen molar-refractivity contribution in [3.8, 4) is 11.1 Å². The Morgan fingerprint density at radius 2 is 1.53 bits per heavy atom. The van der Waals surface area contributed by atoms with Crippen molar-refractivity contribution < 1.29 is 0 Å². The molecule has 0 aliphatic rings. The molecular weight excluding hydrogens is 206 g/mol. The molecule has 0 amide bonds. The van der Waals surface area contributed by atoms with Crippen LogP contribution in [-0.4, -0.2) is 25.5 Å². The summed E-state index contributed by atoms with van der Waals surface area (Å²) in [5, 5.41) is 0. The summed E-state index contributed by atoms with van der Waals surface area (Å²) in [6.07, 6.45) is 1.10. The van der Waals surface area contributed by atoms with Crippen molar-refractivity contribution in [1.82, 2.24) is 4.90 Å². The lowest BCUT2D eigenvalue weighted by molar-refractivity contribution is 0.413. The number of likely N-dealkylation sites (N-methyl/N-ethyl adjacent to an activating group) is 1. The van der Waals surface area contributed by atoms with Crippen LogP contribution in [-0.2, 0) is 6.42 Å². The molecule has 2 rings (SSSR count). The second-order valence-corrected chi connectivity index (χ2v) is 4.62. The zero-order chi connectivity index (χ0) is 12.1. The first-order valence-corrected chi connectivity index (χ1v) is 6.05. The average Bonchev–Trinajstić information content (AvgIpc) is 2.38. The second-order valence-electron chi connectivity index (χ2n) is 4.62. The second kappa shape index (κ2) is 5.65. The van der Waals surface area contributed by atoms with Gasteiger partial charge in [0, 0.05) is 6.54 Å². The topological polar surface area (TPSA) is 3.24 Å². The molecule has 2 aromatic carbocycles. The van der Waals surface area contributed by atoms with E-state index in [-0.39, 0.29) is 0 Å². The van der Waals surface area contributed by atoms with Gasteiger partial charge >= 0.3 is 0 Å². The molecule has 0 aromatic heterocycles. The minimum atomic E-state index is 1.10.